The van der Waals surface area contributed by atoms with Crippen molar-refractivity contribution in [2.45, 2.75) is 26.3 Å². The summed E-state index contributed by atoms with van der Waals surface area (Å²) in [4.78, 5) is 25.0. The Labute approximate surface area is 145 Å². The van der Waals surface area contributed by atoms with E-state index in [4.69, 9.17) is 0 Å². The molecule has 128 valence electrons. The zero-order valence-corrected chi connectivity index (χ0v) is 14.3. The minimum atomic E-state index is -1.14. The maximum absolute atomic E-state index is 12.7. The monoisotopic (exact) mass is 337 g/mol. The van der Waals surface area contributed by atoms with Crippen molar-refractivity contribution in [1.29, 1.82) is 0 Å². The first-order chi connectivity index (χ1) is 11.8. The number of aromatic hydroxyl groups is 1. The van der Waals surface area contributed by atoms with E-state index in [0.717, 1.165) is 5.01 Å². The van der Waals surface area contributed by atoms with Gasteiger partial charge in [-0.05, 0) is 55.2 Å². The Morgan fingerprint density at radius 3 is 2.32 bits per heavy atom. The van der Waals surface area contributed by atoms with Crippen molar-refractivity contribution >= 4 is 18.2 Å². The number of hydrogen-bond acceptors (Lipinski definition) is 4. The molecule has 2 aromatic rings. The topological polar surface area (TPSA) is 82.0 Å². The molecule has 2 aromatic carbocycles. The highest BCUT2D eigenvalue weighted by molar-refractivity contribution is 6.07. The standard InChI is InChI=1S/C19H19N3O3/c1-12-9-14(10-13(2)16(12)23)11-20-22-17(24)19(3,21-18(22)25)15-7-5-4-6-8-15/h4-11,23H,1-3H3,(H,21,25)/b20-11+/t19-/m0/s1. The maximum atomic E-state index is 12.7. The van der Waals surface area contributed by atoms with Gasteiger partial charge in [0.05, 0.1) is 6.21 Å². The first kappa shape index (κ1) is 16.7. The fourth-order valence-electron chi connectivity index (χ4n) is 2.88. The van der Waals surface area contributed by atoms with E-state index < -0.39 is 17.5 Å². The minimum absolute atomic E-state index is 0.226. The van der Waals surface area contributed by atoms with Gasteiger partial charge in [0, 0.05) is 0 Å². The largest absolute Gasteiger partial charge is 0.507 e. The first-order valence-corrected chi connectivity index (χ1v) is 7.89. The molecule has 0 aromatic heterocycles. The van der Waals surface area contributed by atoms with Crippen molar-refractivity contribution in [3.05, 3.63) is 64.7 Å². The molecule has 1 atom stereocenters. The molecule has 1 aliphatic heterocycles. The number of carbonyl (C=O) groups is 2. The Hall–Kier alpha value is -3.15. The summed E-state index contributed by atoms with van der Waals surface area (Å²) in [5.41, 5.74) is 1.65. The fourth-order valence-corrected chi connectivity index (χ4v) is 2.88. The number of hydrogen-bond donors (Lipinski definition) is 2. The summed E-state index contributed by atoms with van der Waals surface area (Å²) in [6, 6.07) is 12.0. The van der Waals surface area contributed by atoms with Crippen molar-refractivity contribution in [3.8, 4) is 5.75 Å². The molecule has 1 aliphatic rings. The van der Waals surface area contributed by atoms with Gasteiger partial charge in [-0.2, -0.15) is 5.10 Å². The molecule has 1 saturated heterocycles. The van der Waals surface area contributed by atoms with Gasteiger partial charge < -0.3 is 10.4 Å². The van der Waals surface area contributed by atoms with E-state index in [1.807, 2.05) is 18.2 Å². The lowest BCUT2D eigenvalue weighted by Gasteiger charge is -2.20. The highest BCUT2D eigenvalue weighted by Crippen LogP contribution is 2.29. The van der Waals surface area contributed by atoms with E-state index in [9.17, 15) is 14.7 Å². The Morgan fingerprint density at radius 1 is 1.12 bits per heavy atom. The molecule has 0 aliphatic carbocycles. The van der Waals surface area contributed by atoms with Gasteiger partial charge in [0.15, 0.2) is 0 Å². The van der Waals surface area contributed by atoms with Gasteiger partial charge in [-0.25, -0.2) is 4.79 Å². The van der Waals surface area contributed by atoms with Crippen LogP contribution in [0.4, 0.5) is 4.79 Å². The molecule has 3 amide bonds. The van der Waals surface area contributed by atoms with Gasteiger partial charge in [0.25, 0.3) is 5.91 Å². The molecule has 0 saturated carbocycles. The van der Waals surface area contributed by atoms with E-state index in [2.05, 4.69) is 10.4 Å². The predicted octanol–water partition coefficient (Wildman–Crippen LogP) is 2.81. The van der Waals surface area contributed by atoms with Crippen LogP contribution in [0.1, 0.15) is 29.2 Å². The number of phenolic OH excluding ortho intramolecular Hbond substituents is 1. The van der Waals surface area contributed by atoms with Crippen molar-refractivity contribution < 1.29 is 14.7 Å². The summed E-state index contributed by atoms with van der Waals surface area (Å²) < 4.78 is 0. The Kier molecular flexibility index (Phi) is 4.04. The molecule has 1 fully saturated rings. The van der Waals surface area contributed by atoms with E-state index in [1.165, 1.54) is 6.21 Å². The van der Waals surface area contributed by atoms with Gasteiger partial charge in [-0.3, -0.25) is 4.79 Å². The van der Waals surface area contributed by atoms with E-state index in [1.54, 1.807) is 45.0 Å². The highest BCUT2D eigenvalue weighted by atomic mass is 16.3. The third-order valence-corrected chi connectivity index (χ3v) is 4.36. The van der Waals surface area contributed by atoms with Crippen LogP contribution >= 0.6 is 0 Å². The summed E-state index contributed by atoms with van der Waals surface area (Å²) in [5.74, 6) is -0.212. The third-order valence-electron chi connectivity index (χ3n) is 4.36. The average molecular weight is 337 g/mol. The van der Waals surface area contributed by atoms with Crippen LogP contribution in [0.2, 0.25) is 0 Å². The Bertz CT molecular complexity index is 854. The number of rotatable bonds is 3. The van der Waals surface area contributed by atoms with Gasteiger partial charge >= 0.3 is 6.03 Å². The van der Waals surface area contributed by atoms with Gasteiger partial charge in [-0.15, -0.1) is 5.01 Å². The van der Waals surface area contributed by atoms with Crippen molar-refractivity contribution in [3.63, 3.8) is 0 Å². The lowest BCUT2D eigenvalue weighted by molar-refractivity contribution is -0.131. The third kappa shape index (κ3) is 2.87. The number of nitrogens with one attached hydrogen (secondary N) is 1. The van der Waals surface area contributed by atoms with E-state index >= 15 is 0 Å². The molecule has 0 spiro atoms. The Balaban J connectivity index is 1.89. The number of carbonyl (C=O) groups excluding carboxylic acids is 2. The lowest BCUT2D eigenvalue weighted by atomic mass is 9.92. The van der Waals surface area contributed by atoms with Crippen LogP contribution in [0.25, 0.3) is 0 Å². The number of urea groups is 1. The second kappa shape index (κ2) is 6.05. The second-order valence-corrected chi connectivity index (χ2v) is 6.29. The number of benzene rings is 2. The predicted molar refractivity (Wildman–Crippen MR) is 94.3 cm³/mol. The number of phenols is 1. The Morgan fingerprint density at radius 2 is 1.72 bits per heavy atom. The zero-order chi connectivity index (χ0) is 18.2. The number of hydrazone groups is 1. The van der Waals surface area contributed by atoms with Crippen LogP contribution in [-0.2, 0) is 10.3 Å². The van der Waals surface area contributed by atoms with Gasteiger partial charge in [0.1, 0.15) is 11.3 Å². The van der Waals surface area contributed by atoms with Crippen LogP contribution in [0.5, 0.6) is 5.75 Å². The number of nitrogens with zero attached hydrogens (tertiary/aromatic N) is 2. The molecule has 3 rings (SSSR count). The molecular formula is C19H19N3O3. The molecule has 0 unspecified atom stereocenters. The van der Waals surface area contributed by atoms with Crippen LogP contribution < -0.4 is 5.32 Å². The molecule has 2 N–H and O–H groups in total. The summed E-state index contributed by atoms with van der Waals surface area (Å²) in [6.45, 7) is 5.21. The molecular weight excluding hydrogens is 318 g/mol. The summed E-state index contributed by atoms with van der Waals surface area (Å²) >= 11 is 0. The second-order valence-electron chi connectivity index (χ2n) is 6.29. The van der Waals surface area contributed by atoms with Crippen LogP contribution in [-0.4, -0.2) is 28.3 Å². The number of amides is 3. The smallest absolute Gasteiger partial charge is 0.346 e. The van der Waals surface area contributed by atoms with Crippen molar-refractivity contribution in [2.24, 2.45) is 5.10 Å². The fraction of sp³-hybridized carbons (Fsp3) is 0.211. The van der Waals surface area contributed by atoms with Crippen molar-refractivity contribution in [1.82, 2.24) is 10.3 Å². The zero-order valence-electron chi connectivity index (χ0n) is 14.3. The summed E-state index contributed by atoms with van der Waals surface area (Å²) in [6.07, 6.45) is 1.44. The molecule has 0 bridgehead atoms. The van der Waals surface area contributed by atoms with Crippen molar-refractivity contribution in [2.75, 3.05) is 0 Å². The quantitative estimate of drug-likeness (QED) is 0.667. The van der Waals surface area contributed by atoms with Crippen LogP contribution in [0.3, 0.4) is 0 Å². The number of aryl methyl sites for hydroxylation is 2. The van der Waals surface area contributed by atoms with Crippen LogP contribution in [0.15, 0.2) is 47.6 Å². The summed E-state index contributed by atoms with van der Waals surface area (Å²) in [5, 5.41) is 17.4. The lowest BCUT2D eigenvalue weighted by Crippen LogP contribution is -2.40. The molecule has 25 heavy (non-hydrogen) atoms. The van der Waals surface area contributed by atoms with Gasteiger partial charge in [0.2, 0.25) is 0 Å². The average Bonchev–Trinajstić information content (AvgIpc) is 2.81. The molecule has 6 nitrogen and oxygen atoms in total. The van der Waals surface area contributed by atoms with E-state index in [-0.39, 0.29) is 5.75 Å². The van der Waals surface area contributed by atoms with Gasteiger partial charge in [-0.1, -0.05) is 30.3 Å². The maximum Gasteiger partial charge on any atom is 0.346 e. The molecule has 6 heteroatoms. The normalized spacial score (nSPS) is 20.4. The minimum Gasteiger partial charge on any atom is -0.507 e. The van der Waals surface area contributed by atoms with Crippen LogP contribution in [0, 0.1) is 13.8 Å². The summed E-state index contributed by atoms with van der Waals surface area (Å²) in [7, 11) is 0. The van der Waals surface area contributed by atoms with E-state index in [0.29, 0.717) is 22.3 Å². The molecule has 1 heterocycles. The first-order valence-electron chi connectivity index (χ1n) is 7.89. The SMILES string of the molecule is Cc1cc(/C=N/N2C(=O)N[C@@](C)(c3ccccc3)C2=O)cc(C)c1O. The highest BCUT2D eigenvalue weighted by Gasteiger charge is 2.49. The number of imide groups is 1. The molecule has 0 radical (unpaired) electrons.